The van der Waals surface area contributed by atoms with Crippen molar-refractivity contribution >= 4 is 11.5 Å². The quantitative estimate of drug-likeness (QED) is 0.848. The van der Waals surface area contributed by atoms with E-state index in [9.17, 15) is 0 Å². The number of imidazole rings is 1. The molecule has 0 fully saturated rings. The van der Waals surface area contributed by atoms with Crippen molar-refractivity contribution in [2.45, 2.75) is 32.6 Å². The maximum atomic E-state index is 6.13. The first kappa shape index (κ1) is 13.8. The minimum absolute atomic E-state index is 0.544. The molecule has 3 rings (SSSR count). The molecule has 0 unspecified atom stereocenters. The molecule has 0 spiro atoms. The van der Waals surface area contributed by atoms with E-state index in [1.165, 1.54) is 22.3 Å². The molecule has 0 bridgehead atoms. The van der Waals surface area contributed by atoms with Crippen LogP contribution in [0.25, 0.3) is 11.3 Å². The molecule has 0 aliphatic carbocycles. The number of anilines is 2. The molecule has 2 aromatic rings. The van der Waals surface area contributed by atoms with E-state index in [-0.39, 0.29) is 0 Å². The van der Waals surface area contributed by atoms with Gasteiger partial charge in [0.1, 0.15) is 11.5 Å². The highest BCUT2D eigenvalue weighted by Gasteiger charge is 2.18. The summed E-state index contributed by atoms with van der Waals surface area (Å²) in [6.45, 7) is 3.23. The van der Waals surface area contributed by atoms with Crippen LogP contribution in [0.1, 0.15) is 31.2 Å². The summed E-state index contributed by atoms with van der Waals surface area (Å²) in [4.78, 5) is 6.94. The lowest BCUT2D eigenvalue weighted by atomic mass is 9.98. The minimum atomic E-state index is 0.544. The first-order valence-corrected chi connectivity index (χ1v) is 7.58. The smallest absolute Gasteiger partial charge is 0.150 e. The van der Waals surface area contributed by atoms with Crippen LogP contribution in [0.15, 0.2) is 18.2 Å². The fourth-order valence-corrected chi connectivity index (χ4v) is 3.04. The zero-order valence-corrected chi connectivity index (χ0v) is 12.8. The Bertz CT molecular complexity index is 659. The molecule has 1 aromatic heterocycles. The van der Waals surface area contributed by atoms with E-state index in [1.807, 2.05) is 0 Å². The number of rotatable bonds is 3. The van der Waals surface area contributed by atoms with E-state index in [0.717, 1.165) is 42.9 Å². The van der Waals surface area contributed by atoms with Gasteiger partial charge in [0.05, 0.1) is 0 Å². The highest BCUT2D eigenvalue weighted by molar-refractivity contribution is 5.74. The summed E-state index contributed by atoms with van der Waals surface area (Å²) >= 11 is 0. The van der Waals surface area contributed by atoms with Gasteiger partial charge in [-0.3, -0.25) is 0 Å². The van der Waals surface area contributed by atoms with Crippen LogP contribution in [0.3, 0.4) is 0 Å². The largest absolute Gasteiger partial charge is 0.382 e. The molecule has 0 saturated carbocycles. The molecule has 0 atom stereocenters. The average molecular weight is 285 g/mol. The molecule has 112 valence electrons. The Hall–Kier alpha value is -2.17. The Labute approximate surface area is 125 Å². The topological polar surface area (TPSA) is 73.1 Å². The maximum absolute atomic E-state index is 6.13. The normalized spacial score (nSPS) is 14.3. The van der Waals surface area contributed by atoms with Gasteiger partial charge in [0.2, 0.25) is 0 Å². The molecular weight excluding hydrogens is 262 g/mol. The zero-order chi connectivity index (χ0) is 15.0. The summed E-state index contributed by atoms with van der Waals surface area (Å²) < 4.78 is 1.52. The van der Waals surface area contributed by atoms with Crippen LogP contribution in [0, 0.1) is 0 Å². The van der Waals surface area contributed by atoms with Crippen molar-refractivity contribution in [3.05, 3.63) is 29.6 Å². The van der Waals surface area contributed by atoms with Gasteiger partial charge in [-0.25, -0.2) is 9.66 Å². The Morgan fingerprint density at radius 1 is 1.33 bits per heavy atom. The molecule has 1 aliphatic heterocycles. The predicted octanol–water partition coefficient (Wildman–Crippen LogP) is 2.18. The minimum Gasteiger partial charge on any atom is -0.382 e. The Balaban J connectivity index is 2.03. The number of nitrogens with zero attached hydrogens (tertiary/aromatic N) is 3. The lowest BCUT2D eigenvalue weighted by Gasteiger charge is -2.27. The Kier molecular flexibility index (Phi) is 3.49. The Morgan fingerprint density at radius 2 is 2.14 bits per heavy atom. The van der Waals surface area contributed by atoms with Crippen molar-refractivity contribution in [1.82, 2.24) is 9.66 Å². The Morgan fingerprint density at radius 3 is 2.90 bits per heavy atom. The molecule has 0 radical (unpaired) electrons. The number of fused-ring (bicyclic) bond motifs is 1. The summed E-state index contributed by atoms with van der Waals surface area (Å²) in [5.41, 5.74) is 10.7. The van der Waals surface area contributed by atoms with E-state index < -0.39 is 0 Å². The van der Waals surface area contributed by atoms with E-state index >= 15 is 0 Å². The van der Waals surface area contributed by atoms with Crippen molar-refractivity contribution in [1.29, 1.82) is 0 Å². The third-order valence-corrected chi connectivity index (χ3v) is 4.20. The van der Waals surface area contributed by atoms with Gasteiger partial charge in [-0.15, -0.1) is 0 Å². The first-order valence-electron chi connectivity index (χ1n) is 7.58. The van der Waals surface area contributed by atoms with Crippen molar-refractivity contribution in [2.24, 2.45) is 0 Å². The van der Waals surface area contributed by atoms with Crippen LogP contribution in [-0.2, 0) is 12.8 Å². The highest BCUT2D eigenvalue weighted by atomic mass is 15.4. The summed E-state index contributed by atoms with van der Waals surface area (Å²) in [6, 6.07) is 6.47. The van der Waals surface area contributed by atoms with Gasteiger partial charge >= 0.3 is 0 Å². The zero-order valence-electron chi connectivity index (χ0n) is 12.8. The fraction of sp³-hybridized carbons (Fsp3) is 0.438. The lowest BCUT2D eigenvalue weighted by Crippen LogP contribution is -2.24. The van der Waals surface area contributed by atoms with Crippen LogP contribution in [-0.4, -0.2) is 23.3 Å². The number of nitrogen functional groups attached to an aromatic ring is 2. The fourth-order valence-electron chi connectivity index (χ4n) is 3.04. The van der Waals surface area contributed by atoms with Crippen molar-refractivity contribution in [3.8, 4) is 11.3 Å². The third kappa shape index (κ3) is 2.33. The molecule has 0 saturated heterocycles. The van der Waals surface area contributed by atoms with Crippen molar-refractivity contribution < 1.29 is 0 Å². The summed E-state index contributed by atoms with van der Waals surface area (Å²) in [6.07, 6.45) is 4.14. The van der Waals surface area contributed by atoms with E-state index in [1.54, 1.807) is 0 Å². The molecule has 5 heteroatoms. The molecule has 0 amide bonds. The van der Waals surface area contributed by atoms with Crippen LogP contribution in [0.4, 0.5) is 11.5 Å². The van der Waals surface area contributed by atoms with Gasteiger partial charge in [0, 0.05) is 31.3 Å². The monoisotopic (exact) mass is 285 g/mol. The molecular formula is C16H23N5. The second-order valence-electron chi connectivity index (χ2n) is 5.75. The van der Waals surface area contributed by atoms with Crippen LogP contribution in [0.2, 0.25) is 0 Å². The summed E-state index contributed by atoms with van der Waals surface area (Å²) in [7, 11) is 2.14. The molecule has 5 nitrogen and oxygen atoms in total. The SMILES string of the molecule is CCCc1nc(-c2ccc3c(c2)CCCN3C)c(N)n1N. The molecule has 4 N–H and O–H groups in total. The number of aromatic nitrogens is 2. The van der Waals surface area contributed by atoms with Gasteiger partial charge in [-0.2, -0.15) is 0 Å². The van der Waals surface area contributed by atoms with Crippen LogP contribution >= 0.6 is 0 Å². The second-order valence-corrected chi connectivity index (χ2v) is 5.75. The van der Waals surface area contributed by atoms with Gasteiger partial charge in [-0.1, -0.05) is 13.0 Å². The van der Waals surface area contributed by atoms with Gasteiger partial charge < -0.3 is 16.5 Å². The first-order chi connectivity index (χ1) is 10.1. The molecule has 1 aliphatic rings. The predicted molar refractivity (Wildman–Crippen MR) is 87.8 cm³/mol. The van der Waals surface area contributed by atoms with E-state index in [2.05, 4.69) is 42.1 Å². The van der Waals surface area contributed by atoms with Crippen LogP contribution in [0.5, 0.6) is 0 Å². The van der Waals surface area contributed by atoms with Gasteiger partial charge in [-0.05, 0) is 37.0 Å². The number of hydrogen-bond acceptors (Lipinski definition) is 4. The number of benzene rings is 1. The number of nitrogens with two attached hydrogens (primary N) is 2. The van der Waals surface area contributed by atoms with Gasteiger partial charge in [0.15, 0.2) is 5.82 Å². The second kappa shape index (κ2) is 5.31. The van der Waals surface area contributed by atoms with E-state index in [4.69, 9.17) is 11.6 Å². The van der Waals surface area contributed by atoms with Crippen LogP contribution < -0.4 is 16.5 Å². The molecule has 21 heavy (non-hydrogen) atoms. The average Bonchev–Trinajstić information content (AvgIpc) is 2.76. The van der Waals surface area contributed by atoms with Crippen molar-refractivity contribution in [2.75, 3.05) is 30.1 Å². The number of hydrogen-bond donors (Lipinski definition) is 2. The third-order valence-electron chi connectivity index (χ3n) is 4.20. The van der Waals surface area contributed by atoms with Gasteiger partial charge in [0.25, 0.3) is 0 Å². The standard InChI is InChI=1S/C16H23N5/c1-3-5-14-19-15(16(17)21(14)18)12-7-8-13-11(10-12)6-4-9-20(13)2/h7-8,10H,3-6,9,17-18H2,1-2H3. The van der Waals surface area contributed by atoms with Crippen molar-refractivity contribution in [3.63, 3.8) is 0 Å². The highest BCUT2D eigenvalue weighted by Crippen LogP contribution is 2.32. The molecule has 2 heterocycles. The summed E-state index contributed by atoms with van der Waals surface area (Å²) in [5, 5.41) is 0. The lowest BCUT2D eigenvalue weighted by molar-refractivity contribution is 0.745. The maximum Gasteiger partial charge on any atom is 0.150 e. The number of aryl methyl sites for hydroxylation is 2. The molecule has 1 aromatic carbocycles. The van der Waals surface area contributed by atoms with E-state index in [0.29, 0.717) is 5.82 Å². The summed E-state index contributed by atoms with van der Waals surface area (Å²) in [5.74, 6) is 7.40.